The molecule has 0 aromatic heterocycles. The van der Waals surface area contributed by atoms with Crippen molar-refractivity contribution < 1.29 is 14.3 Å². The highest BCUT2D eigenvalue weighted by Crippen LogP contribution is 2.40. The number of rotatable bonds is 1. The van der Waals surface area contributed by atoms with E-state index in [4.69, 9.17) is 5.11 Å². The normalized spacial score (nSPS) is 26.5. The summed E-state index contributed by atoms with van der Waals surface area (Å²) in [6, 6.07) is 5.30. The van der Waals surface area contributed by atoms with Gasteiger partial charge in [0.2, 0.25) is 0 Å². The van der Waals surface area contributed by atoms with E-state index in [0.29, 0.717) is 25.1 Å². The Balaban J connectivity index is 1.90. The van der Waals surface area contributed by atoms with Crippen LogP contribution < -0.4 is 4.90 Å². The van der Waals surface area contributed by atoms with Crippen LogP contribution in [0.1, 0.15) is 18.4 Å². The molecule has 90 valence electrons. The van der Waals surface area contributed by atoms with E-state index < -0.39 is 5.97 Å². The van der Waals surface area contributed by atoms with Gasteiger partial charge in [-0.25, -0.2) is 4.39 Å². The third-order valence-corrected chi connectivity index (χ3v) is 3.88. The number of para-hydroxylation sites is 1. The van der Waals surface area contributed by atoms with Crippen LogP contribution in [0.15, 0.2) is 18.2 Å². The number of aliphatic carboxylic acids is 1. The molecule has 1 aromatic rings. The zero-order valence-electron chi connectivity index (χ0n) is 9.40. The van der Waals surface area contributed by atoms with E-state index in [1.807, 2.05) is 11.0 Å². The van der Waals surface area contributed by atoms with Crippen LogP contribution in [-0.2, 0) is 11.2 Å². The van der Waals surface area contributed by atoms with E-state index >= 15 is 0 Å². The zero-order chi connectivity index (χ0) is 12.0. The third kappa shape index (κ3) is 1.59. The smallest absolute Gasteiger partial charge is 0.306 e. The van der Waals surface area contributed by atoms with Crippen LogP contribution in [0, 0.1) is 11.7 Å². The summed E-state index contributed by atoms with van der Waals surface area (Å²) in [6.07, 6.45) is 2.01. The Morgan fingerprint density at radius 3 is 3.06 bits per heavy atom. The largest absolute Gasteiger partial charge is 0.481 e. The average molecular weight is 235 g/mol. The van der Waals surface area contributed by atoms with Crippen LogP contribution in [-0.4, -0.2) is 23.7 Å². The fourth-order valence-corrected chi connectivity index (χ4v) is 3.06. The fourth-order valence-electron chi connectivity index (χ4n) is 3.06. The van der Waals surface area contributed by atoms with Crippen molar-refractivity contribution in [3.63, 3.8) is 0 Å². The lowest BCUT2D eigenvalue weighted by atomic mass is 9.91. The molecule has 0 amide bonds. The molecule has 4 heteroatoms. The predicted octanol–water partition coefficient (Wildman–Crippen LogP) is 2.05. The number of carbonyl (C=O) groups is 1. The van der Waals surface area contributed by atoms with Gasteiger partial charge in [-0.15, -0.1) is 0 Å². The third-order valence-electron chi connectivity index (χ3n) is 3.88. The summed E-state index contributed by atoms with van der Waals surface area (Å²) < 4.78 is 13.8. The molecule has 1 aromatic carbocycles. The number of anilines is 1. The van der Waals surface area contributed by atoms with Gasteiger partial charge in [0.25, 0.3) is 0 Å². The van der Waals surface area contributed by atoms with Crippen molar-refractivity contribution in [2.75, 3.05) is 11.4 Å². The van der Waals surface area contributed by atoms with Crippen LogP contribution in [0.5, 0.6) is 0 Å². The molecule has 0 bridgehead atoms. The number of halogens is 1. The highest BCUT2D eigenvalue weighted by Gasteiger charge is 2.38. The van der Waals surface area contributed by atoms with Crippen molar-refractivity contribution in [2.24, 2.45) is 5.92 Å². The van der Waals surface area contributed by atoms with Crippen LogP contribution in [0.2, 0.25) is 0 Å². The van der Waals surface area contributed by atoms with Crippen molar-refractivity contribution in [2.45, 2.75) is 25.3 Å². The van der Waals surface area contributed by atoms with E-state index in [2.05, 4.69) is 0 Å². The average Bonchev–Trinajstić information content (AvgIpc) is 2.67. The van der Waals surface area contributed by atoms with Gasteiger partial charge < -0.3 is 10.0 Å². The minimum Gasteiger partial charge on any atom is -0.481 e. The molecule has 0 aliphatic carbocycles. The highest BCUT2D eigenvalue weighted by atomic mass is 19.1. The first-order chi connectivity index (χ1) is 8.16. The first-order valence-corrected chi connectivity index (χ1v) is 5.93. The first kappa shape index (κ1) is 10.6. The summed E-state index contributed by atoms with van der Waals surface area (Å²) in [4.78, 5) is 13.0. The SMILES string of the molecule is O=C(O)C1CCN2c3c(F)cccc3CC2C1. The lowest BCUT2D eigenvalue weighted by molar-refractivity contribution is -0.142. The molecule has 1 N–H and O–H groups in total. The molecular weight excluding hydrogens is 221 g/mol. The number of hydrogen-bond acceptors (Lipinski definition) is 2. The summed E-state index contributed by atoms with van der Waals surface area (Å²) in [7, 11) is 0. The first-order valence-electron chi connectivity index (χ1n) is 5.93. The lowest BCUT2D eigenvalue weighted by Gasteiger charge is -2.35. The predicted molar refractivity (Wildman–Crippen MR) is 61.6 cm³/mol. The quantitative estimate of drug-likeness (QED) is 0.810. The second-order valence-electron chi connectivity index (χ2n) is 4.86. The van der Waals surface area contributed by atoms with Crippen molar-refractivity contribution in [1.82, 2.24) is 0 Å². The van der Waals surface area contributed by atoms with E-state index in [1.54, 1.807) is 6.07 Å². The van der Waals surface area contributed by atoms with Crippen LogP contribution in [0.25, 0.3) is 0 Å². The Kier molecular flexibility index (Phi) is 2.31. The maximum absolute atomic E-state index is 13.8. The Morgan fingerprint density at radius 1 is 1.47 bits per heavy atom. The zero-order valence-corrected chi connectivity index (χ0v) is 9.40. The second-order valence-corrected chi connectivity index (χ2v) is 4.86. The van der Waals surface area contributed by atoms with Gasteiger partial charge in [-0.05, 0) is 30.9 Å². The van der Waals surface area contributed by atoms with Gasteiger partial charge in [-0.1, -0.05) is 12.1 Å². The van der Waals surface area contributed by atoms with E-state index in [1.165, 1.54) is 6.07 Å². The van der Waals surface area contributed by atoms with Gasteiger partial charge in [0, 0.05) is 12.6 Å². The molecule has 0 spiro atoms. The summed E-state index contributed by atoms with van der Waals surface area (Å²) in [6.45, 7) is 0.648. The number of nitrogens with zero attached hydrogens (tertiary/aromatic N) is 1. The van der Waals surface area contributed by atoms with Crippen molar-refractivity contribution in [3.05, 3.63) is 29.6 Å². The van der Waals surface area contributed by atoms with Crippen molar-refractivity contribution in [1.29, 1.82) is 0 Å². The van der Waals surface area contributed by atoms with Crippen LogP contribution in [0.3, 0.4) is 0 Å². The number of fused-ring (bicyclic) bond motifs is 3. The molecule has 3 rings (SSSR count). The maximum Gasteiger partial charge on any atom is 0.306 e. The Bertz CT molecular complexity index is 474. The summed E-state index contributed by atoms with van der Waals surface area (Å²) in [5.41, 5.74) is 1.71. The molecule has 1 fully saturated rings. The molecule has 2 unspecified atom stereocenters. The standard InChI is InChI=1S/C13H14FNO2/c14-11-3-1-2-8-6-10-7-9(13(16)17)4-5-15(10)12(8)11/h1-3,9-10H,4-7H2,(H,16,17). The summed E-state index contributed by atoms with van der Waals surface area (Å²) >= 11 is 0. The van der Waals surface area contributed by atoms with Crippen LogP contribution >= 0.6 is 0 Å². The monoisotopic (exact) mass is 235 g/mol. The number of hydrogen-bond donors (Lipinski definition) is 1. The van der Waals surface area contributed by atoms with Crippen molar-refractivity contribution in [3.8, 4) is 0 Å². The molecule has 3 nitrogen and oxygen atoms in total. The summed E-state index contributed by atoms with van der Waals surface area (Å²) in [5, 5.41) is 9.04. The molecule has 2 aliphatic heterocycles. The lowest BCUT2D eigenvalue weighted by Crippen LogP contribution is -2.42. The molecule has 2 atom stereocenters. The fraction of sp³-hybridized carbons (Fsp3) is 0.462. The van der Waals surface area contributed by atoms with Crippen LogP contribution in [0.4, 0.5) is 10.1 Å². The van der Waals surface area contributed by atoms with E-state index in [9.17, 15) is 9.18 Å². The molecule has 0 radical (unpaired) electrons. The second kappa shape index (κ2) is 3.72. The Morgan fingerprint density at radius 2 is 2.29 bits per heavy atom. The van der Waals surface area contributed by atoms with E-state index in [-0.39, 0.29) is 17.8 Å². The molecule has 2 aliphatic rings. The van der Waals surface area contributed by atoms with Gasteiger partial charge in [0.05, 0.1) is 11.6 Å². The van der Waals surface area contributed by atoms with Gasteiger partial charge >= 0.3 is 5.97 Å². The number of carboxylic acids is 1. The summed E-state index contributed by atoms with van der Waals surface area (Å²) in [5.74, 6) is -1.17. The Labute approximate surface area is 98.9 Å². The van der Waals surface area contributed by atoms with Crippen molar-refractivity contribution >= 4 is 11.7 Å². The molecular formula is C13H14FNO2. The van der Waals surface area contributed by atoms with Gasteiger partial charge in [-0.2, -0.15) is 0 Å². The van der Waals surface area contributed by atoms with Gasteiger partial charge in [0.1, 0.15) is 5.82 Å². The number of piperidine rings is 1. The van der Waals surface area contributed by atoms with Gasteiger partial charge in [0.15, 0.2) is 0 Å². The Hall–Kier alpha value is -1.58. The maximum atomic E-state index is 13.8. The topological polar surface area (TPSA) is 40.5 Å². The minimum absolute atomic E-state index is 0.164. The minimum atomic E-state index is -0.721. The molecule has 2 heterocycles. The highest BCUT2D eigenvalue weighted by molar-refractivity contribution is 5.71. The number of carboxylic acid groups (broad SMARTS) is 1. The number of benzene rings is 1. The molecule has 0 saturated carbocycles. The van der Waals surface area contributed by atoms with E-state index in [0.717, 1.165) is 12.0 Å². The molecule has 17 heavy (non-hydrogen) atoms. The van der Waals surface area contributed by atoms with Gasteiger partial charge in [-0.3, -0.25) is 4.79 Å². The molecule has 1 saturated heterocycles.